The molecule has 1 unspecified atom stereocenters. The minimum Gasteiger partial charge on any atom is -0.496 e. The standard InChI is InChI=1S/C29H28ClF3N2O7S/c1-4-41-28-26(15-19(16-34-28)29(31,32)33)43(37,38)35-17-20(10-13-27(36)40-3)42-25-12-9-18(14-23(25)35)8-11-21-22(30)6-5-7-24(21)39-2/h5-9,11-12,14-16,20H,4,10,13,17H2,1-3H3. The SMILES string of the molecule is CCOc1ncc(C(F)(F)F)cc1S(=O)(=O)N1CC(CCC(=O)OC)Oc2ccc(C=Cc3c(Cl)cccc3OC)cc21. The summed E-state index contributed by atoms with van der Waals surface area (Å²) in [5.74, 6) is -0.338. The van der Waals surface area contributed by atoms with Crippen LogP contribution in [0.25, 0.3) is 12.2 Å². The fourth-order valence-electron chi connectivity index (χ4n) is 4.36. The minimum absolute atomic E-state index is 0.0389. The van der Waals surface area contributed by atoms with Gasteiger partial charge in [0.15, 0.2) is 4.90 Å². The lowest BCUT2D eigenvalue weighted by molar-refractivity contribution is -0.141. The van der Waals surface area contributed by atoms with Crippen LogP contribution in [-0.4, -0.2) is 52.8 Å². The van der Waals surface area contributed by atoms with Crippen LogP contribution >= 0.6 is 11.6 Å². The normalized spacial score (nSPS) is 15.1. The number of ether oxygens (including phenoxy) is 4. The second-order valence-electron chi connectivity index (χ2n) is 9.27. The molecule has 4 rings (SSSR count). The van der Waals surface area contributed by atoms with Crippen molar-refractivity contribution in [3.05, 3.63) is 70.4 Å². The second-order valence-corrected chi connectivity index (χ2v) is 11.5. The van der Waals surface area contributed by atoms with Crippen LogP contribution in [0.5, 0.6) is 17.4 Å². The minimum atomic E-state index is -4.86. The molecular weight excluding hydrogens is 613 g/mol. The van der Waals surface area contributed by atoms with Crippen LogP contribution in [0.1, 0.15) is 36.5 Å². The number of carbonyl (C=O) groups is 1. The predicted molar refractivity (Wildman–Crippen MR) is 154 cm³/mol. The van der Waals surface area contributed by atoms with Crippen LogP contribution in [0, 0.1) is 0 Å². The maximum Gasteiger partial charge on any atom is 0.417 e. The van der Waals surface area contributed by atoms with E-state index in [1.165, 1.54) is 20.3 Å². The van der Waals surface area contributed by atoms with E-state index in [1.807, 2.05) is 0 Å². The number of hydrogen-bond donors (Lipinski definition) is 0. The number of methoxy groups -OCH3 is 2. The molecule has 0 radical (unpaired) electrons. The first-order chi connectivity index (χ1) is 20.4. The van der Waals surface area contributed by atoms with Gasteiger partial charge in [-0.25, -0.2) is 13.4 Å². The third-order valence-electron chi connectivity index (χ3n) is 6.48. The topological polar surface area (TPSA) is 104 Å². The Morgan fingerprint density at radius 2 is 1.95 bits per heavy atom. The summed E-state index contributed by atoms with van der Waals surface area (Å²) < 4.78 is 91.4. The molecule has 2 aromatic carbocycles. The van der Waals surface area contributed by atoms with Crippen LogP contribution in [-0.2, 0) is 25.7 Å². The molecule has 43 heavy (non-hydrogen) atoms. The first-order valence-corrected chi connectivity index (χ1v) is 14.8. The van der Waals surface area contributed by atoms with Gasteiger partial charge in [-0.1, -0.05) is 29.8 Å². The molecule has 1 aromatic heterocycles. The Hall–Kier alpha value is -3.97. The molecule has 1 aliphatic rings. The predicted octanol–water partition coefficient (Wildman–Crippen LogP) is 6.24. The van der Waals surface area contributed by atoms with Crippen molar-refractivity contribution in [1.29, 1.82) is 0 Å². The number of pyridine rings is 1. The second kappa shape index (κ2) is 13.1. The molecule has 0 saturated heterocycles. The number of halogens is 4. The van der Waals surface area contributed by atoms with Crippen molar-refractivity contribution >= 4 is 45.4 Å². The molecule has 14 heteroatoms. The van der Waals surface area contributed by atoms with Crippen molar-refractivity contribution in [2.24, 2.45) is 0 Å². The molecular formula is C29H28ClF3N2O7S. The highest BCUT2D eigenvalue weighted by Crippen LogP contribution is 2.41. The van der Waals surface area contributed by atoms with E-state index in [4.69, 9.17) is 25.8 Å². The Kier molecular flexibility index (Phi) is 9.75. The molecule has 0 spiro atoms. The van der Waals surface area contributed by atoms with Gasteiger partial charge in [0.1, 0.15) is 17.6 Å². The fraction of sp³-hybridized carbons (Fsp3) is 0.310. The Morgan fingerprint density at radius 1 is 1.19 bits per heavy atom. The number of alkyl halides is 3. The van der Waals surface area contributed by atoms with Crippen LogP contribution in [0.3, 0.4) is 0 Å². The van der Waals surface area contributed by atoms with Crippen LogP contribution in [0.2, 0.25) is 5.02 Å². The molecule has 0 N–H and O–H groups in total. The quantitative estimate of drug-likeness (QED) is 0.189. The van der Waals surface area contributed by atoms with Gasteiger partial charge in [0.25, 0.3) is 10.0 Å². The van der Waals surface area contributed by atoms with Crippen molar-refractivity contribution in [3.8, 4) is 17.4 Å². The monoisotopic (exact) mass is 640 g/mol. The molecule has 2 heterocycles. The third kappa shape index (κ3) is 7.16. The zero-order chi connectivity index (χ0) is 31.4. The van der Waals surface area contributed by atoms with Crippen LogP contribution in [0.4, 0.5) is 18.9 Å². The van der Waals surface area contributed by atoms with E-state index in [0.717, 1.165) is 4.31 Å². The van der Waals surface area contributed by atoms with Crippen LogP contribution in [0.15, 0.2) is 53.6 Å². The lowest BCUT2D eigenvalue weighted by Gasteiger charge is -2.36. The lowest BCUT2D eigenvalue weighted by Crippen LogP contribution is -2.44. The van der Waals surface area contributed by atoms with Gasteiger partial charge in [-0.3, -0.25) is 9.10 Å². The Morgan fingerprint density at radius 3 is 2.63 bits per heavy atom. The summed E-state index contributed by atoms with van der Waals surface area (Å²) in [7, 11) is -1.99. The van der Waals surface area contributed by atoms with Crippen molar-refractivity contribution in [2.45, 2.75) is 36.9 Å². The van der Waals surface area contributed by atoms with E-state index in [0.29, 0.717) is 34.2 Å². The number of carbonyl (C=O) groups excluding carboxylic acids is 1. The maximum absolute atomic E-state index is 14.1. The highest BCUT2D eigenvalue weighted by molar-refractivity contribution is 7.93. The van der Waals surface area contributed by atoms with Gasteiger partial charge in [-0.05, 0) is 55.3 Å². The van der Waals surface area contributed by atoms with Crippen molar-refractivity contribution in [3.63, 3.8) is 0 Å². The summed E-state index contributed by atoms with van der Waals surface area (Å²) in [4.78, 5) is 14.7. The average molecular weight is 641 g/mol. The summed E-state index contributed by atoms with van der Waals surface area (Å²) in [5.41, 5.74) is -0.0628. The zero-order valence-corrected chi connectivity index (χ0v) is 24.9. The first kappa shape index (κ1) is 32.0. The number of sulfonamides is 1. The van der Waals surface area contributed by atoms with Gasteiger partial charge < -0.3 is 18.9 Å². The largest absolute Gasteiger partial charge is 0.496 e. The van der Waals surface area contributed by atoms with Crippen molar-refractivity contribution in [2.75, 3.05) is 31.7 Å². The van der Waals surface area contributed by atoms with Gasteiger partial charge in [-0.15, -0.1) is 0 Å². The van der Waals surface area contributed by atoms with Gasteiger partial charge in [-0.2, -0.15) is 13.2 Å². The van der Waals surface area contributed by atoms with E-state index < -0.39 is 44.6 Å². The third-order valence-corrected chi connectivity index (χ3v) is 8.59. The van der Waals surface area contributed by atoms with Crippen molar-refractivity contribution < 1.29 is 45.3 Å². The van der Waals surface area contributed by atoms with E-state index in [2.05, 4.69) is 9.72 Å². The molecule has 3 aromatic rings. The van der Waals surface area contributed by atoms with E-state index in [1.54, 1.807) is 49.4 Å². The number of aromatic nitrogens is 1. The van der Waals surface area contributed by atoms with E-state index >= 15 is 0 Å². The van der Waals surface area contributed by atoms with E-state index in [9.17, 15) is 26.4 Å². The lowest BCUT2D eigenvalue weighted by atomic mass is 10.1. The number of hydrogen-bond acceptors (Lipinski definition) is 8. The van der Waals surface area contributed by atoms with E-state index in [-0.39, 0.29) is 37.4 Å². The summed E-state index contributed by atoms with van der Waals surface area (Å²) >= 11 is 6.33. The summed E-state index contributed by atoms with van der Waals surface area (Å²) in [6, 6.07) is 10.4. The average Bonchev–Trinajstić information content (AvgIpc) is 2.98. The molecule has 0 aliphatic carbocycles. The summed E-state index contributed by atoms with van der Waals surface area (Å²) in [5, 5.41) is 0.426. The number of anilines is 1. The molecule has 0 saturated carbocycles. The maximum atomic E-state index is 14.1. The molecule has 1 atom stereocenters. The number of fused-ring (bicyclic) bond motifs is 1. The fourth-order valence-corrected chi connectivity index (χ4v) is 6.20. The van der Waals surface area contributed by atoms with Gasteiger partial charge in [0.2, 0.25) is 5.88 Å². The van der Waals surface area contributed by atoms with Gasteiger partial charge >= 0.3 is 12.1 Å². The summed E-state index contributed by atoms with van der Waals surface area (Å²) in [6.45, 7) is 1.21. The molecule has 0 bridgehead atoms. The zero-order valence-electron chi connectivity index (χ0n) is 23.4. The Labute approximate surface area is 251 Å². The summed E-state index contributed by atoms with van der Waals surface area (Å²) in [6.07, 6.45) is -1.77. The molecule has 0 amide bonds. The molecule has 9 nitrogen and oxygen atoms in total. The number of rotatable bonds is 10. The number of esters is 1. The molecule has 1 aliphatic heterocycles. The molecule has 230 valence electrons. The number of nitrogens with zero attached hydrogens (tertiary/aromatic N) is 2. The first-order valence-electron chi connectivity index (χ1n) is 13.0. The van der Waals surface area contributed by atoms with Crippen molar-refractivity contribution in [1.82, 2.24) is 4.98 Å². The van der Waals surface area contributed by atoms with Gasteiger partial charge in [0.05, 0.1) is 43.6 Å². The highest BCUT2D eigenvalue weighted by Gasteiger charge is 2.39. The van der Waals surface area contributed by atoms with Gasteiger partial charge in [0, 0.05) is 18.2 Å². The van der Waals surface area contributed by atoms with Crippen LogP contribution < -0.4 is 18.5 Å². The highest BCUT2D eigenvalue weighted by atomic mass is 35.5. The Balaban J connectivity index is 1.82. The smallest absolute Gasteiger partial charge is 0.417 e. The number of benzene rings is 2. The Bertz CT molecular complexity index is 1630. The molecule has 0 fully saturated rings.